The van der Waals surface area contributed by atoms with Crippen molar-refractivity contribution in [1.29, 1.82) is 0 Å². The molecule has 29 heavy (non-hydrogen) atoms. The van der Waals surface area contributed by atoms with Crippen LogP contribution in [-0.4, -0.2) is 27.3 Å². The molecule has 1 heterocycles. The molecule has 1 N–H and O–H groups in total. The van der Waals surface area contributed by atoms with Crippen molar-refractivity contribution in [3.05, 3.63) is 94.3 Å². The topological polar surface area (TPSA) is 99.3 Å². The Bertz CT molecular complexity index is 999. The molecule has 0 bridgehead atoms. The van der Waals surface area contributed by atoms with E-state index in [2.05, 4.69) is 10.4 Å². The Labute approximate surface area is 167 Å². The smallest absolute Gasteiger partial charge is 0.407 e. The first-order chi connectivity index (χ1) is 14.1. The quantitative estimate of drug-likeness (QED) is 0.353. The zero-order valence-corrected chi connectivity index (χ0v) is 15.6. The van der Waals surface area contributed by atoms with Gasteiger partial charge in [-0.05, 0) is 18.1 Å². The van der Waals surface area contributed by atoms with E-state index >= 15 is 0 Å². The molecule has 2 aromatic carbocycles. The summed E-state index contributed by atoms with van der Waals surface area (Å²) in [5.41, 5.74) is 2.12. The highest BCUT2D eigenvalue weighted by Gasteiger charge is 2.14. The molecular weight excluding hydrogens is 372 g/mol. The number of nitro benzene ring substituents is 1. The number of hydrogen-bond donors (Lipinski definition) is 1. The Morgan fingerprint density at radius 2 is 1.93 bits per heavy atom. The zero-order valence-electron chi connectivity index (χ0n) is 15.6. The maximum atomic E-state index is 11.7. The normalized spacial score (nSPS) is 10.8. The molecular formula is C21H20N4O4. The fraction of sp³-hybridized carbons (Fsp3) is 0.143. The molecule has 1 amide bonds. The zero-order chi connectivity index (χ0) is 20.5. The third kappa shape index (κ3) is 5.77. The Morgan fingerprint density at radius 3 is 2.72 bits per heavy atom. The number of benzene rings is 2. The van der Waals surface area contributed by atoms with Crippen molar-refractivity contribution in [3.63, 3.8) is 0 Å². The molecule has 0 spiro atoms. The van der Waals surface area contributed by atoms with Crippen LogP contribution in [0.3, 0.4) is 0 Å². The van der Waals surface area contributed by atoms with Gasteiger partial charge in [0.1, 0.15) is 12.3 Å². The molecule has 8 heteroatoms. The second kappa shape index (κ2) is 9.84. The molecule has 0 atom stereocenters. The third-order valence-electron chi connectivity index (χ3n) is 4.03. The maximum Gasteiger partial charge on any atom is 0.407 e. The van der Waals surface area contributed by atoms with Crippen molar-refractivity contribution in [2.75, 3.05) is 6.54 Å². The van der Waals surface area contributed by atoms with Crippen molar-refractivity contribution >= 4 is 17.9 Å². The highest BCUT2D eigenvalue weighted by Crippen LogP contribution is 2.21. The SMILES string of the molecule is O=C(NCCC=Cc1cnn(-c2ccccc2[N+](=O)[O-])c1)OCc1ccccc1. The lowest BCUT2D eigenvalue weighted by Crippen LogP contribution is -2.24. The van der Waals surface area contributed by atoms with Crippen molar-refractivity contribution in [1.82, 2.24) is 15.1 Å². The number of carbonyl (C=O) groups excluding carboxylic acids is 1. The molecule has 3 rings (SSSR count). The Kier molecular flexibility index (Phi) is 6.72. The minimum absolute atomic E-state index is 0.00987. The van der Waals surface area contributed by atoms with E-state index < -0.39 is 11.0 Å². The van der Waals surface area contributed by atoms with Crippen LogP contribution < -0.4 is 5.32 Å². The van der Waals surface area contributed by atoms with E-state index in [9.17, 15) is 14.9 Å². The summed E-state index contributed by atoms with van der Waals surface area (Å²) >= 11 is 0. The van der Waals surface area contributed by atoms with E-state index in [-0.39, 0.29) is 12.3 Å². The van der Waals surface area contributed by atoms with Crippen LogP contribution in [-0.2, 0) is 11.3 Å². The fourth-order valence-corrected chi connectivity index (χ4v) is 2.62. The Hall–Kier alpha value is -3.94. The summed E-state index contributed by atoms with van der Waals surface area (Å²) < 4.78 is 6.60. The number of alkyl carbamates (subject to hydrolysis) is 1. The van der Waals surface area contributed by atoms with E-state index in [1.807, 2.05) is 42.5 Å². The summed E-state index contributed by atoms with van der Waals surface area (Å²) in [4.78, 5) is 22.4. The van der Waals surface area contributed by atoms with Crippen LogP contribution in [0.15, 0.2) is 73.1 Å². The highest BCUT2D eigenvalue weighted by atomic mass is 16.6. The Balaban J connectivity index is 1.45. The molecule has 0 aliphatic heterocycles. The van der Waals surface area contributed by atoms with Gasteiger partial charge in [0.05, 0.1) is 11.1 Å². The lowest BCUT2D eigenvalue weighted by atomic mass is 10.2. The van der Waals surface area contributed by atoms with Gasteiger partial charge in [-0.1, -0.05) is 54.6 Å². The lowest BCUT2D eigenvalue weighted by molar-refractivity contribution is -0.384. The number of nitrogens with zero attached hydrogens (tertiary/aromatic N) is 3. The van der Waals surface area contributed by atoms with Crippen LogP contribution in [0.5, 0.6) is 0 Å². The summed E-state index contributed by atoms with van der Waals surface area (Å²) in [6.45, 7) is 0.662. The molecule has 1 aromatic heterocycles. The standard InChI is InChI=1S/C21H20N4O4/c26-21(29-16-17-8-2-1-3-9-17)22-13-7-6-10-18-14-23-24(15-18)19-11-4-5-12-20(19)25(27)28/h1-6,8-12,14-15H,7,13,16H2,(H,22,26). The monoisotopic (exact) mass is 392 g/mol. The number of para-hydroxylation sites is 2. The average Bonchev–Trinajstić information content (AvgIpc) is 3.21. The fourth-order valence-electron chi connectivity index (χ4n) is 2.62. The van der Waals surface area contributed by atoms with Gasteiger partial charge in [0.15, 0.2) is 0 Å². The predicted molar refractivity (Wildman–Crippen MR) is 108 cm³/mol. The molecule has 0 saturated carbocycles. The number of amides is 1. The van der Waals surface area contributed by atoms with Gasteiger partial charge in [0, 0.05) is 24.4 Å². The third-order valence-corrected chi connectivity index (χ3v) is 4.03. The largest absolute Gasteiger partial charge is 0.445 e. The molecule has 8 nitrogen and oxygen atoms in total. The first-order valence-corrected chi connectivity index (χ1v) is 9.03. The Morgan fingerprint density at radius 1 is 1.17 bits per heavy atom. The summed E-state index contributed by atoms with van der Waals surface area (Å²) in [7, 11) is 0. The van der Waals surface area contributed by atoms with E-state index in [0.717, 1.165) is 11.1 Å². The van der Waals surface area contributed by atoms with E-state index in [1.54, 1.807) is 30.6 Å². The number of carbonyl (C=O) groups is 1. The molecule has 0 aliphatic rings. The van der Waals surface area contributed by atoms with E-state index in [0.29, 0.717) is 18.7 Å². The lowest BCUT2D eigenvalue weighted by Gasteiger charge is -2.05. The number of rotatable bonds is 8. The molecule has 0 unspecified atom stereocenters. The van der Waals surface area contributed by atoms with Crippen LogP contribution in [0.1, 0.15) is 17.5 Å². The highest BCUT2D eigenvalue weighted by molar-refractivity contribution is 5.67. The summed E-state index contributed by atoms with van der Waals surface area (Å²) in [5, 5.41) is 18.0. The van der Waals surface area contributed by atoms with Gasteiger partial charge in [-0.2, -0.15) is 5.10 Å². The first kappa shape index (κ1) is 19.8. The second-order valence-electron chi connectivity index (χ2n) is 6.14. The van der Waals surface area contributed by atoms with Crippen LogP contribution in [0.4, 0.5) is 10.5 Å². The van der Waals surface area contributed by atoms with Crippen molar-refractivity contribution in [2.24, 2.45) is 0 Å². The second-order valence-corrected chi connectivity index (χ2v) is 6.14. The summed E-state index contributed by atoms with van der Waals surface area (Å²) in [5.74, 6) is 0. The predicted octanol–water partition coefficient (Wildman–Crippen LogP) is 4.11. The number of nitrogens with one attached hydrogen (secondary N) is 1. The average molecular weight is 392 g/mol. The summed E-state index contributed by atoms with van der Waals surface area (Å²) in [6.07, 6.45) is 7.20. The van der Waals surface area contributed by atoms with Gasteiger partial charge in [0.25, 0.3) is 5.69 Å². The number of hydrogen-bond acceptors (Lipinski definition) is 5. The minimum Gasteiger partial charge on any atom is -0.445 e. The van der Waals surface area contributed by atoms with E-state index in [4.69, 9.17) is 4.74 Å². The van der Waals surface area contributed by atoms with Gasteiger partial charge in [-0.25, -0.2) is 9.48 Å². The molecule has 148 valence electrons. The van der Waals surface area contributed by atoms with E-state index in [1.165, 1.54) is 10.7 Å². The number of ether oxygens (including phenoxy) is 1. The van der Waals surface area contributed by atoms with Crippen LogP contribution >= 0.6 is 0 Å². The van der Waals surface area contributed by atoms with Crippen molar-refractivity contribution < 1.29 is 14.5 Å². The minimum atomic E-state index is -0.466. The molecule has 0 radical (unpaired) electrons. The molecule has 0 aliphatic carbocycles. The molecule has 0 saturated heterocycles. The van der Waals surface area contributed by atoms with Crippen molar-refractivity contribution in [2.45, 2.75) is 13.0 Å². The first-order valence-electron chi connectivity index (χ1n) is 9.03. The van der Waals surface area contributed by atoms with Crippen LogP contribution in [0.2, 0.25) is 0 Å². The van der Waals surface area contributed by atoms with Gasteiger partial charge in [0.2, 0.25) is 0 Å². The van der Waals surface area contributed by atoms with Crippen LogP contribution in [0.25, 0.3) is 11.8 Å². The number of aromatic nitrogens is 2. The van der Waals surface area contributed by atoms with Gasteiger partial charge < -0.3 is 10.1 Å². The van der Waals surface area contributed by atoms with Gasteiger partial charge in [-0.15, -0.1) is 0 Å². The number of nitro groups is 1. The summed E-state index contributed by atoms with van der Waals surface area (Å²) in [6, 6.07) is 15.9. The van der Waals surface area contributed by atoms with Crippen LogP contribution in [0, 0.1) is 10.1 Å². The van der Waals surface area contributed by atoms with Crippen molar-refractivity contribution in [3.8, 4) is 5.69 Å². The van der Waals surface area contributed by atoms with Gasteiger partial charge in [-0.3, -0.25) is 10.1 Å². The maximum absolute atomic E-state index is 11.7. The molecule has 0 fully saturated rings. The van der Waals surface area contributed by atoms with Gasteiger partial charge >= 0.3 is 6.09 Å². The molecule has 3 aromatic rings.